The number of aromatic amines is 2. The van der Waals surface area contributed by atoms with E-state index >= 15 is 0 Å². The molecule has 2 heterocycles. The highest BCUT2D eigenvalue weighted by Gasteiger charge is 2.18. The molecular weight excluding hydrogens is 334 g/mol. The molecule has 4 N–H and O–H groups in total. The van der Waals surface area contributed by atoms with Crippen molar-refractivity contribution in [3.05, 3.63) is 48.0 Å². The number of carboxylic acid groups (broad SMARTS) is 1. The Bertz CT molecular complexity index is 988. The quantitative estimate of drug-likeness (QED) is 0.552. The van der Waals surface area contributed by atoms with Crippen molar-refractivity contribution in [1.82, 2.24) is 20.2 Å². The van der Waals surface area contributed by atoms with Gasteiger partial charge in [-0.05, 0) is 37.3 Å². The summed E-state index contributed by atoms with van der Waals surface area (Å²) in [7, 11) is -3.88. The molecule has 0 radical (unpaired) electrons. The van der Waals surface area contributed by atoms with Gasteiger partial charge in [-0.2, -0.15) is 5.10 Å². The lowest BCUT2D eigenvalue weighted by Gasteiger charge is -2.06. The van der Waals surface area contributed by atoms with E-state index in [9.17, 15) is 13.2 Å². The van der Waals surface area contributed by atoms with Crippen LogP contribution < -0.4 is 4.72 Å². The van der Waals surface area contributed by atoms with Crippen LogP contribution in [0.5, 0.6) is 0 Å². The van der Waals surface area contributed by atoms with Gasteiger partial charge in [0.2, 0.25) is 0 Å². The number of aromatic nitrogens is 4. The second kappa shape index (κ2) is 5.81. The molecule has 0 saturated carbocycles. The highest BCUT2D eigenvalue weighted by Crippen LogP contribution is 2.21. The topological polar surface area (TPSA) is 141 Å². The van der Waals surface area contributed by atoms with Crippen molar-refractivity contribution < 1.29 is 18.3 Å². The van der Waals surface area contributed by atoms with Gasteiger partial charge in [0.25, 0.3) is 10.0 Å². The minimum atomic E-state index is -3.88. The molecule has 3 aromatic rings. The molecule has 2 aromatic heterocycles. The van der Waals surface area contributed by atoms with Crippen molar-refractivity contribution in [1.29, 1.82) is 0 Å². The van der Waals surface area contributed by atoms with Crippen molar-refractivity contribution in [3.63, 3.8) is 0 Å². The maximum Gasteiger partial charge on any atom is 0.352 e. The van der Waals surface area contributed by atoms with Gasteiger partial charge in [0, 0.05) is 17.4 Å². The average molecular weight is 347 g/mol. The van der Waals surface area contributed by atoms with Crippen molar-refractivity contribution in [2.45, 2.75) is 11.8 Å². The first-order valence-electron chi connectivity index (χ1n) is 6.79. The molecule has 0 amide bonds. The Labute approximate surface area is 136 Å². The zero-order valence-corrected chi connectivity index (χ0v) is 13.3. The third-order valence-corrected chi connectivity index (χ3v) is 4.55. The summed E-state index contributed by atoms with van der Waals surface area (Å²) < 4.78 is 26.9. The Balaban J connectivity index is 1.80. The molecule has 24 heavy (non-hydrogen) atoms. The molecule has 0 bridgehead atoms. The van der Waals surface area contributed by atoms with E-state index in [1.807, 2.05) is 0 Å². The minimum Gasteiger partial charge on any atom is -0.477 e. The van der Waals surface area contributed by atoms with E-state index in [4.69, 9.17) is 5.11 Å². The first-order chi connectivity index (χ1) is 11.3. The van der Waals surface area contributed by atoms with E-state index in [-0.39, 0.29) is 10.6 Å². The molecule has 3 rings (SSSR count). The molecule has 1 aromatic carbocycles. The van der Waals surface area contributed by atoms with Gasteiger partial charge in [-0.15, -0.1) is 0 Å². The number of aryl methyl sites for hydroxylation is 1. The Morgan fingerprint density at radius 3 is 2.50 bits per heavy atom. The third-order valence-electron chi connectivity index (χ3n) is 3.19. The van der Waals surface area contributed by atoms with Gasteiger partial charge in [-0.25, -0.2) is 18.2 Å². The zero-order valence-electron chi connectivity index (χ0n) is 12.4. The fourth-order valence-electron chi connectivity index (χ4n) is 2.03. The number of sulfonamides is 1. The summed E-state index contributed by atoms with van der Waals surface area (Å²) in [6.45, 7) is 1.78. The predicted octanol–water partition coefficient (Wildman–Crippen LogP) is 1.61. The van der Waals surface area contributed by atoms with Gasteiger partial charge in [-0.1, -0.05) is 0 Å². The van der Waals surface area contributed by atoms with Crippen LogP contribution in [0.2, 0.25) is 0 Å². The summed E-state index contributed by atoms with van der Waals surface area (Å²) in [5.74, 6) is -0.0438. The molecule has 10 heteroatoms. The highest BCUT2D eigenvalue weighted by molar-refractivity contribution is 7.92. The number of carbonyl (C=O) groups is 1. The Morgan fingerprint density at radius 1 is 1.25 bits per heavy atom. The summed E-state index contributed by atoms with van der Waals surface area (Å²) in [6, 6.07) is 7.56. The van der Waals surface area contributed by atoms with Crippen LogP contribution in [-0.2, 0) is 10.0 Å². The number of anilines is 1. The second-order valence-electron chi connectivity index (χ2n) is 4.98. The summed E-state index contributed by atoms with van der Waals surface area (Å²) in [4.78, 5) is 17.2. The number of aromatic carboxylic acids is 1. The number of hydrogen-bond donors (Lipinski definition) is 4. The Kier molecular flexibility index (Phi) is 3.81. The molecule has 0 fully saturated rings. The summed E-state index contributed by atoms with van der Waals surface area (Å²) in [6.07, 6.45) is 1.12. The number of nitrogens with zero attached hydrogens (tertiary/aromatic N) is 2. The Morgan fingerprint density at radius 2 is 1.96 bits per heavy atom. The van der Waals surface area contributed by atoms with Crippen LogP contribution in [0.1, 0.15) is 16.3 Å². The van der Waals surface area contributed by atoms with Crippen LogP contribution in [0.3, 0.4) is 0 Å². The maximum atomic E-state index is 12.2. The van der Waals surface area contributed by atoms with Gasteiger partial charge in [0.1, 0.15) is 16.4 Å². The first-order valence-corrected chi connectivity index (χ1v) is 8.27. The van der Waals surface area contributed by atoms with Gasteiger partial charge >= 0.3 is 5.97 Å². The summed E-state index contributed by atoms with van der Waals surface area (Å²) >= 11 is 0. The maximum absolute atomic E-state index is 12.2. The number of H-pyrrole nitrogens is 2. The normalized spacial score (nSPS) is 11.4. The van der Waals surface area contributed by atoms with Crippen LogP contribution in [0.25, 0.3) is 11.4 Å². The lowest BCUT2D eigenvalue weighted by Crippen LogP contribution is -2.12. The largest absolute Gasteiger partial charge is 0.477 e. The molecular formula is C14H13N5O4S. The Hall–Kier alpha value is -3.14. The van der Waals surface area contributed by atoms with Crippen molar-refractivity contribution in [2.24, 2.45) is 0 Å². The number of carboxylic acids is 1. The van der Waals surface area contributed by atoms with E-state index in [0.29, 0.717) is 17.3 Å². The second-order valence-corrected chi connectivity index (χ2v) is 6.66. The van der Waals surface area contributed by atoms with Gasteiger partial charge in [0.15, 0.2) is 5.82 Å². The molecule has 0 aliphatic carbocycles. The van der Waals surface area contributed by atoms with E-state index in [1.54, 1.807) is 31.2 Å². The number of nitrogens with one attached hydrogen (secondary N) is 3. The predicted molar refractivity (Wildman–Crippen MR) is 85.1 cm³/mol. The van der Waals surface area contributed by atoms with Gasteiger partial charge in [-0.3, -0.25) is 9.82 Å². The molecule has 0 aliphatic rings. The van der Waals surface area contributed by atoms with Crippen LogP contribution >= 0.6 is 0 Å². The van der Waals surface area contributed by atoms with Crippen LogP contribution in [0.15, 0.2) is 41.4 Å². The molecule has 0 unspecified atom stereocenters. The van der Waals surface area contributed by atoms with Crippen molar-refractivity contribution >= 4 is 21.7 Å². The molecule has 124 valence electrons. The van der Waals surface area contributed by atoms with Gasteiger partial charge in [0.05, 0.1) is 0 Å². The number of rotatable bonds is 5. The smallest absolute Gasteiger partial charge is 0.352 e. The van der Waals surface area contributed by atoms with E-state index in [2.05, 4.69) is 24.9 Å². The molecule has 0 spiro atoms. The molecule has 9 nitrogen and oxygen atoms in total. The standard InChI is InChI=1S/C14H13N5O4S/c1-8-16-13(18-17-8)9-2-4-10(5-3-9)19-24(22,23)11-6-12(14(20)21)15-7-11/h2-7,15,19H,1H3,(H,20,21)(H,16,17,18). The lowest BCUT2D eigenvalue weighted by atomic mass is 10.2. The molecule has 0 saturated heterocycles. The monoisotopic (exact) mass is 347 g/mol. The number of hydrogen-bond acceptors (Lipinski definition) is 5. The number of benzene rings is 1. The average Bonchev–Trinajstić information content (AvgIpc) is 3.17. The zero-order chi connectivity index (χ0) is 17.3. The highest BCUT2D eigenvalue weighted by atomic mass is 32.2. The van der Waals surface area contributed by atoms with E-state index in [0.717, 1.165) is 17.8 Å². The van der Waals surface area contributed by atoms with Crippen molar-refractivity contribution in [3.8, 4) is 11.4 Å². The first kappa shape index (κ1) is 15.7. The molecule has 0 atom stereocenters. The van der Waals surface area contributed by atoms with Crippen LogP contribution in [0, 0.1) is 6.92 Å². The van der Waals surface area contributed by atoms with E-state index in [1.165, 1.54) is 0 Å². The van der Waals surface area contributed by atoms with E-state index < -0.39 is 16.0 Å². The fourth-order valence-corrected chi connectivity index (χ4v) is 3.08. The third kappa shape index (κ3) is 3.13. The fraction of sp³-hybridized carbons (Fsp3) is 0.0714. The van der Waals surface area contributed by atoms with Crippen LogP contribution in [-0.4, -0.2) is 39.7 Å². The summed E-state index contributed by atoms with van der Waals surface area (Å²) in [5.41, 5.74) is 0.867. The summed E-state index contributed by atoms with van der Waals surface area (Å²) in [5, 5.41) is 15.6. The SMILES string of the molecule is Cc1nc(-c2ccc(NS(=O)(=O)c3c[nH]c(C(=O)O)c3)cc2)n[nH]1. The van der Waals surface area contributed by atoms with Crippen LogP contribution in [0.4, 0.5) is 5.69 Å². The molecule has 0 aliphatic heterocycles. The minimum absolute atomic E-state index is 0.159. The van der Waals surface area contributed by atoms with Gasteiger partial charge < -0.3 is 10.1 Å². The lowest BCUT2D eigenvalue weighted by molar-refractivity contribution is 0.0691. The van der Waals surface area contributed by atoms with Crippen molar-refractivity contribution in [2.75, 3.05) is 4.72 Å².